The number of amides is 2. The maximum absolute atomic E-state index is 12.1. The fraction of sp³-hybridized carbons (Fsp3) is 0.158. The Hall–Kier alpha value is -3.08. The molecular formula is C19H20N2O3. The molecule has 0 saturated heterocycles. The second-order valence-corrected chi connectivity index (χ2v) is 5.33. The fourth-order valence-electron chi connectivity index (χ4n) is 2.21. The molecule has 24 heavy (non-hydrogen) atoms. The lowest BCUT2D eigenvalue weighted by Gasteiger charge is -2.11. The highest BCUT2D eigenvalue weighted by Crippen LogP contribution is 2.27. The Morgan fingerprint density at radius 3 is 2.54 bits per heavy atom. The van der Waals surface area contributed by atoms with Gasteiger partial charge in [0.1, 0.15) is 5.75 Å². The van der Waals surface area contributed by atoms with Crippen LogP contribution in [0, 0.1) is 6.92 Å². The lowest BCUT2D eigenvalue weighted by Crippen LogP contribution is -2.10. The van der Waals surface area contributed by atoms with E-state index in [1.807, 2.05) is 31.2 Å². The number of benzene rings is 2. The largest absolute Gasteiger partial charge is 0.495 e. The highest BCUT2D eigenvalue weighted by molar-refractivity contribution is 6.03. The first kappa shape index (κ1) is 17.3. The van der Waals surface area contributed by atoms with Crippen molar-refractivity contribution in [3.05, 3.63) is 59.7 Å². The molecule has 5 nitrogen and oxygen atoms in total. The van der Waals surface area contributed by atoms with Crippen LogP contribution in [0.4, 0.5) is 11.4 Å². The summed E-state index contributed by atoms with van der Waals surface area (Å²) in [6.45, 7) is 3.42. The van der Waals surface area contributed by atoms with Crippen LogP contribution in [-0.2, 0) is 9.59 Å². The third-order valence-corrected chi connectivity index (χ3v) is 3.25. The van der Waals surface area contributed by atoms with E-state index in [1.165, 1.54) is 20.1 Å². The molecule has 2 aromatic rings. The van der Waals surface area contributed by atoms with Crippen LogP contribution in [0.25, 0.3) is 6.08 Å². The normalized spacial score (nSPS) is 10.5. The second-order valence-electron chi connectivity index (χ2n) is 5.33. The van der Waals surface area contributed by atoms with E-state index in [9.17, 15) is 9.59 Å². The molecule has 0 unspecified atom stereocenters. The molecule has 124 valence electrons. The number of carbonyl (C=O) groups is 2. The topological polar surface area (TPSA) is 67.4 Å². The predicted octanol–water partition coefficient (Wildman–Crippen LogP) is 3.61. The van der Waals surface area contributed by atoms with Gasteiger partial charge in [-0.25, -0.2) is 0 Å². The number of methoxy groups -OCH3 is 1. The average Bonchev–Trinajstić information content (AvgIpc) is 2.53. The molecule has 0 fully saturated rings. The predicted molar refractivity (Wildman–Crippen MR) is 96.1 cm³/mol. The Morgan fingerprint density at radius 1 is 1.08 bits per heavy atom. The molecule has 0 atom stereocenters. The molecule has 0 aliphatic rings. The Balaban J connectivity index is 2.13. The monoisotopic (exact) mass is 324 g/mol. The summed E-state index contributed by atoms with van der Waals surface area (Å²) in [5, 5.41) is 5.43. The number of rotatable bonds is 5. The number of nitrogens with one attached hydrogen (secondary N) is 2. The van der Waals surface area contributed by atoms with Gasteiger partial charge in [0, 0.05) is 18.7 Å². The average molecular weight is 324 g/mol. The van der Waals surface area contributed by atoms with Gasteiger partial charge in [-0.1, -0.05) is 29.8 Å². The summed E-state index contributed by atoms with van der Waals surface area (Å²) < 4.78 is 5.23. The van der Waals surface area contributed by atoms with Crippen LogP contribution in [0.3, 0.4) is 0 Å². The van der Waals surface area contributed by atoms with Gasteiger partial charge in [-0.3, -0.25) is 9.59 Å². The minimum Gasteiger partial charge on any atom is -0.495 e. The van der Waals surface area contributed by atoms with E-state index in [4.69, 9.17) is 4.74 Å². The molecule has 0 aromatic heterocycles. The van der Waals surface area contributed by atoms with Crippen molar-refractivity contribution in [3.63, 3.8) is 0 Å². The molecule has 5 heteroatoms. The van der Waals surface area contributed by atoms with Crippen LogP contribution in [0.1, 0.15) is 18.1 Å². The molecule has 0 saturated carbocycles. The number of anilines is 2. The van der Waals surface area contributed by atoms with Crippen molar-refractivity contribution in [1.29, 1.82) is 0 Å². The molecule has 2 amide bonds. The first-order valence-corrected chi connectivity index (χ1v) is 7.49. The van der Waals surface area contributed by atoms with E-state index in [0.717, 1.165) is 11.1 Å². The zero-order chi connectivity index (χ0) is 17.5. The van der Waals surface area contributed by atoms with Gasteiger partial charge in [-0.05, 0) is 36.8 Å². The maximum Gasteiger partial charge on any atom is 0.248 e. The van der Waals surface area contributed by atoms with E-state index in [0.29, 0.717) is 17.1 Å². The van der Waals surface area contributed by atoms with E-state index >= 15 is 0 Å². The molecule has 0 aliphatic heterocycles. The third kappa shape index (κ3) is 4.98. The Labute approximate surface area is 141 Å². The summed E-state index contributed by atoms with van der Waals surface area (Å²) >= 11 is 0. The zero-order valence-electron chi connectivity index (χ0n) is 13.9. The summed E-state index contributed by atoms with van der Waals surface area (Å²) in [4.78, 5) is 23.3. The van der Waals surface area contributed by atoms with Crippen LogP contribution >= 0.6 is 0 Å². The number of ether oxygens (including phenoxy) is 1. The molecule has 2 aromatic carbocycles. The first-order valence-electron chi connectivity index (χ1n) is 7.49. The maximum atomic E-state index is 12.1. The standard InChI is InChI=1S/C19H20N2O3/c1-13-5-4-6-15(11-13)7-10-19(23)21-17-12-16(20-14(2)22)8-9-18(17)24-3/h4-12H,1-3H3,(H,20,22)(H,21,23). The van der Waals surface area contributed by atoms with Gasteiger partial charge in [0.25, 0.3) is 0 Å². The molecule has 2 N–H and O–H groups in total. The minimum atomic E-state index is -0.283. The number of hydrogen-bond acceptors (Lipinski definition) is 3. The lowest BCUT2D eigenvalue weighted by atomic mass is 10.1. The smallest absolute Gasteiger partial charge is 0.248 e. The van der Waals surface area contributed by atoms with Crippen LogP contribution < -0.4 is 15.4 Å². The van der Waals surface area contributed by atoms with Crippen molar-refractivity contribution in [2.24, 2.45) is 0 Å². The van der Waals surface area contributed by atoms with Gasteiger partial charge >= 0.3 is 0 Å². The van der Waals surface area contributed by atoms with Crippen molar-refractivity contribution in [2.45, 2.75) is 13.8 Å². The zero-order valence-corrected chi connectivity index (χ0v) is 13.9. The van der Waals surface area contributed by atoms with Crippen molar-refractivity contribution >= 4 is 29.3 Å². The SMILES string of the molecule is COc1ccc(NC(C)=O)cc1NC(=O)C=Cc1cccc(C)c1. The van der Waals surface area contributed by atoms with Crippen LogP contribution in [0.15, 0.2) is 48.5 Å². The van der Waals surface area contributed by atoms with E-state index in [-0.39, 0.29) is 11.8 Å². The van der Waals surface area contributed by atoms with Gasteiger partial charge in [0.05, 0.1) is 12.8 Å². The van der Waals surface area contributed by atoms with Gasteiger partial charge in [0.2, 0.25) is 11.8 Å². The quantitative estimate of drug-likeness (QED) is 0.826. The number of carbonyl (C=O) groups excluding carboxylic acids is 2. The number of aryl methyl sites for hydroxylation is 1. The highest BCUT2D eigenvalue weighted by Gasteiger charge is 2.07. The van der Waals surface area contributed by atoms with Crippen molar-refractivity contribution in [3.8, 4) is 5.75 Å². The summed E-state index contributed by atoms with van der Waals surface area (Å²) in [6.07, 6.45) is 3.20. The molecular weight excluding hydrogens is 304 g/mol. The van der Waals surface area contributed by atoms with Gasteiger partial charge < -0.3 is 15.4 Å². The molecule has 0 heterocycles. The third-order valence-electron chi connectivity index (χ3n) is 3.25. The summed E-state index contributed by atoms with van der Waals surface area (Å²) in [6, 6.07) is 12.9. The van der Waals surface area contributed by atoms with Crippen molar-refractivity contribution in [2.75, 3.05) is 17.7 Å². The molecule has 0 aliphatic carbocycles. The summed E-state index contributed by atoms with van der Waals surface area (Å²) in [5.74, 6) is 0.0491. The first-order chi connectivity index (χ1) is 11.5. The number of hydrogen-bond donors (Lipinski definition) is 2. The Bertz CT molecular complexity index is 782. The van der Waals surface area contributed by atoms with Crippen molar-refractivity contribution < 1.29 is 14.3 Å². The fourth-order valence-corrected chi connectivity index (χ4v) is 2.21. The van der Waals surface area contributed by atoms with Crippen LogP contribution in [0.2, 0.25) is 0 Å². The Morgan fingerprint density at radius 2 is 1.88 bits per heavy atom. The molecule has 2 rings (SSSR count). The molecule has 0 radical (unpaired) electrons. The highest BCUT2D eigenvalue weighted by atomic mass is 16.5. The minimum absolute atomic E-state index is 0.184. The van der Waals surface area contributed by atoms with Crippen molar-refractivity contribution in [1.82, 2.24) is 0 Å². The lowest BCUT2D eigenvalue weighted by molar-refractivity contribution is -0.114. The van der Waals surface area contributed by atoms with E-state index in [1.54, 1.807) is 24.3 Å². The van der Waals surface area contributed by atoms with Gasteiger partial charge in [-0.15, -0.1) is 0 Å². The molecule has 0 spiro atoms. The van der Waals surface area contributed by atoms with Gasteiger partial charge in [0.15, 0.2) is 0 Å². The van der Waals surface area contributed by atoms with Crippen LogP contribution in [-0.4, -0.2) is 18.9 Å². The summed E-state index contributed by atoms with van der Waals surface area (Å²) in [7, 11) is 1.52. The summed E-state index contributed by atoms with van der Waals surface area (Å²) in [5.41, 5.74) is 3.15. The van der Waals surface area contributed by atoms with E-state index < -0.39 is 0 Å². The van der Waals surface area contributed by atoms with Gasteiger partial charge in [-0.2, -0.15) is 0 Å². The van der Waals surface area contributed by atoms with E-state index in [2.05, 4.69) is 10.6 Å². The molecule has 0 bridgehead atoms. The second kappa shape index (κ2) is 7.97. The van der Waals surface area contributed by atoms with Crippen LogP contribution in [0.5, 0.6) is 5.75 Å². The Kier molecular flexibility index (Phi) is 5.73.